The van der Waals surface area contributed by atoms with E-state index in [0.717, 1.165) is 0 Å². The number of ether oxygens (including phenoxy) is 2. The summed E-state index contributed by atoms with van der Waals surface area (Å²) < 4.78 is 10.7. The second kappa shape index (κ2) is 6.65. The highest BCUT2D eigenvalue weighted by Crippen LogP contribution is 2.19. The van der Waals surface area contributed by atoms with Crippen LogP contribution < -0.4 is 5.32 Å². The van der Waals surface area contributed by atoms with Crippen LogP contribution in [-0.4, -0.2) is 73.6 Å². The topological polar surface area (TPSA) is 71.0 Å². The van der Waals surface area contributed by atoms with E-state index >= 15 is 0 Å². The Hall–Kier alpha value is -0.690. The first kappa shape index (κ1) is 16.4. The van der Waals surface area contributed by atoms with Crippen molar-refractivity contribution in [2.24, 2.45) is 0 Å². The second-order valence-corrected chi connectivity index (χ2v) is 5.68. The molecule has 19 heavy (non-hydrogen) atoms. The number of likely N-dealkylation sites (tertiary alicyclic amines) is 1. The van der Waals surface area contributed by atoms with Gasteiger partial charge in [-0.1, -0.05) is 0 Å². The third-order valence-corrected chi connectivity index (χ3v) is 3.52. The maximum Gasteiger partial charge on any atom is 0.324 e. The van der Waals surface area contributed by atoms with Gasteiger partial charge < -0.3 is 14.6 Å². The number of hydrogen-bond acceptors (Lipinski definition) is 5. The summed E-state index contributed by atoms with van der Waals surface area (Å²) in [5, 5.41) is 12.6. The van der Waals surface area contributed by atoms with Crippen molar-refractivity contribution in [1.82, 2.24) is 10.2 Å². The van der Waals surface area contributed by atoms with Crippen LogP contribution in [0.4, 0.5) is 0 Å². The summed E-state index contributed by atoms with van der Waals surface area (Å²) in [5.41, 5.74) is -0.963. The molecule has 3 atom stereocenters. The lowest BCUT2D eigenvalue weighted by atomic mass is 10.0. The van der Waals surface area contributed by atoms with Gasteiger partial charge in [0.25, 0.3) is 0 Å². The van der Waals surface area contributed by atoms with E-state index in [-0.39, 0.29) is 18.2 Å². The Bertz CT molecular complexity index is 299. The van der Waals surface area contributed by atoms with Crippen LogP contribution in [0.15, 0.2) is 0 Å². The first-order chi connectivity index (χ1) is 8.82. The summed E-state index contributed by atoms with van der Waals surface area (Å²) in [6, 6.07) is 0.111. The smallest absolute Gasteiger partial charge is 0.324 e. The summed E-state index contributed by atoms with van der Waals surface area (Å²) in [5.74, 6) is -0.837. The van der Waals surface area contributed by atoms with E-state index in [1.54, 1.807) is 21.1 Å². The molecule has 0 aromatic rings. The van der Waals surface area contributed by atoms with E-state index in [9.17, 15) is 9.90 Å². The second-order valence-electron chi connectivity index (χ2n) is 5.68. The minimum absolute atomic E-state index is 0.00194. The van der Waals surface area contributed by atoms with Crippen LogP contribution in [-0.2, 0) is 14.3 Å². The van der Waals surface area contributed by atoms with Crippen molar-refractivity contribution in [3.63, 3.8) is 0 Å². The van der Waals surface area contributed by atoms with Gasteiger partial charge in [-0.05, 0) is 20.8 Å². The molecular formula is C13H26N2O4. The number of nitrogens with one attached hydrogen (secondary N) is 1. The zero-order chi connectivity index (χ0) is 14.6. The quantitative estimate of drug-likeness (QED) is 0.690. The van der Waals surface area contributed by atoms with Crippen molar-refractivity contribution in [2.45, 2.75) is 44.6 Å². The fourth-order valence-electron chi connectivity index (χ4n) is 2.66. The fourth-order valence-corrected chi connectivity index (χ4v) is 2.66. The van der Waals surface area contributed by atoms with Gasteiger partial charge in [-0.3, -0.25) is 15.0 Å². The summed E-state index contributed by atoms with van der Waals surface area (Å²) >= 11 is 0. The molecule has 112 valence electrons. The number of methoxy groups -OCH3 is 2. The number of aliphatic carboxylic acids is 1. The van der Waals surface area contributed by atoms with Crippen LogP contribution >= 0.6 is 0 Å². The normalized spacial score (nSPS) is 27.7. The summed E-state index contributed by atoms with van der Waals surface area (Å²) in [6.07, 6.45) is 0.00388. The Balaban J connectivity index is 2.68. The highest BCUT2D eigenvalue weighted by Gasteiger charge is 2.40. The lowest BCUT2D eigenvalue weighted by Crippen LogP contribution is -2.58. The molecule has 0 saturated carbocycles. The van der Waals surface area contributed by atoms with Crippen molar-refractivity contribution in [3.8, 4) is 0 Å². The molecule has 0 bridgehead atoms. The molecule has 0 aromatic carbocycles. The molecule has 0 amide bonds. The van der Waals surface area contributed by atoms with Gasteiger partial charge in [-0.2, -0.15) is 0 Å². The van der Waals surface area contributed by atoms with Gasteiger partial charge in [0.1, 0.15) is 5.54 Å². The summed E-state index contributed by atoms with van der Waals surface area (Å²) in [7, 11) is 3.31. The lowest BCUT2D eigenvalue weighted by Gasteiger charge is -2.32. The Morgan fingerprint density at radius 1 is 1.37 bits per heavy atom. The Morgan fingerprint density at radius 3 is 2.16 bits per heavy atom. The standard InChI is InChI=1S/C13H26N2O4/c1-9(2)14-13(3,12(16)17)8-15-6-10(18-4)11(7-15)19-5/h9-11,14H,6-8H2,1-5H3,(H,16,17). The largest absolute Gasteiger partial charge is 0.480 e. The van der Waals surface area contributed by atoms with Gasteiger partial charge >= 0.3 is 5.97 Å². The highest BCUT2D eigenvalue weighted by atomic mass is 16.5. The van der Waals surface area contributed by atoms with Gasteiger partial charge in [0.05, 0.1) is 12.2 Å². The molecule has 6 heteroatoms. The minimum atomic E-state index is -0.963. The van der Waals surface area contributed by atoms with Crippen molar-refractivity contribution in [3.05, 3.63) is 0 Å². The Labute approximate surface area is 115 Å². The van der Waals surface area contributed by atoms with Crippen LogP contribution in [0.1, 0.15) is 20.8 Å². The maximum atomic E-state index is 11.5. The molecule has 1 heterocycles. The molecule has 0 spiro atoms. The first-order valence-electron chi connectivity index (χ1n) is 6.61. The predicted molar refractivity (Wildman–Crippen MR) is 72.3 cm³/mol. The molecule has 0 aromatic heterocycles. The molecule has 3 unspecified atom stereocenters. The zero-order valence-corrected chi connectivity index (χ0v) is 12.5. The van der Waals surface area contributed by atoms with E-state index < -0.39 is 11.5 Å². The Morgan fingerprint density at radius 2 is 1.84 bits per heavy atom. The van der Waals surface area contributed by atoms with Crippen LogP contribution in [0.5, 0.6) is 0 Å². The van der Waals surface area contributed by atoms with Crippen molar-refractivity contribution in [2.75, 3.05) is 33.9 Å². The lowest BCUT2D eigenvalue weighted by molar-refractivity contribution is -0.145. The molecular weight excluding hydrogens is 248 g/mol. The molecule has 0 aliphatic carbocycles. The number of rotatable bonds is 7. The van der Waals surface area contributed by atoms with Crippen molar-refractivity contribution in [1.29, 1.82) is 0 Å². The van der Waals surface area contributed by atoms with E-state index in [1.165, 1.54) is 0 Å². The molecule has 1 rings (SSSR count). The van der Waals surface area contributed by atoms with Crippen LogP contribution in [0.25, 0.3) is 0 Å². The summed E-state index contributed by atoms with van der Waals surface area (Å²) in [4.78, 5) is 13.6. The molecule has 1 fully saturated rings. The van der Waals surface area contributed by atoms with E-state index in [1.807, 2.05) is 13.8 Å². The predicted octanol–water partition coefficient (Wildman–Crippen LogP) is 0.173. The molecule has 1 aliphatic rings. The Kier molecular flexibility index (Phi) is 5.73. The van der Waals surface area contributed by atoms with E-state index in [0.29, 0.717) is 19.6 Å². The van der Waals surface area contributed by atoms with Gasteiger partial charge in [0.15, 0.2) is 0 Å². The van der Waals surface area contributed by atoms with Gasteiger partial charge in [0, 0.05) is 39.9 Å². The third kappa shape index (κ3) is 4.14. The summed E-state index contributed by atoms with van der Waals surface area (Å²) in [6.45, 7) is 7.43. The molecule has 2 N–H and O–H groups in total. The number of nitrogens with zero attached hydrogens (tertiary/aromatic N) is 1. The van der Waals surface area contributed by atoms with E-state index in [4.69, 9.17) is 9.47 Å². The third-order valence-electron chi connectivity index (χ3n) is 3.52. The number of carboxylic acids is 1. The maximum absolute atomic E-state index is 11.5. The SMILES string of the molecule is COC1CN(CC(C)(NC(C)C)C(=O)O)CC1OC. The van der Waals surface area contributed by atoms with E-state index in [2.05, 4.69) is 10.2 Å². The number of carbonyl (C=O) groups is 1. The molecule has 6 nitrogen and oxygen atoms in total. The average molecular weight is 274 g/mol. The first-order valence-corrected chi connectivity index (χ1v) is 6.61. The van der Waals surface area contributed by atoms with Gasteiger partial charge in [-0.15, -0.1) is 0 Å². The fraction of sp³-hybridized carbons (Fsp3) is 0.923. The monoisotopic (exact) mass is 274 g/mol. The molecule has 0 radical (unpaired) electrons. The van der Waals surface area contributed by atoms with Crippen LogP contribution in [0, 0.1) is 0 Å². The average Bonchev–Trinajstić information content (AvgIpc) is 2.69. The van der Waals surface area contributed by atoms with Crippen molar-refractivity contribution < 1.29 is 19.4 Å². The van der Waals surface area contributed by atoms with Gasteiger partial charge in [0.2, 0.25) is 0 Å². The van der Waals surface area contributed by atoms with Crippen molar-refractivity contribution >= 4 is 5.97 Å². The minimum Gasteiger partial charge on any atom is -0.480 e. The number of carboxylic acid groups (broad SMARTS) is 1. The molecule has 1 aliphatic heterocycles. The van der Waals surface area contributed by atoms with Crippen LogP contribution in [0.3, 0.4) is 0 Å². The molecule has 1 saturated heterocycles. The zero-order valence-electron chi connectivity index (χ0n) is 12.5. The number of hydrogen-bond donors (Lipinski definition) is 2. The van der Waals surface area contributed by atoms with Gasteiger partial charge in [-0.25, -0.2) is 0 Å². The van der Waals surface area contributed by atoms with Crippen LogP contribution in [0.2, 0.25) is 0 Å². The highest BCUT2D eigenvalue weighted by molar-refractivity contribution is 5.78.